The van der Waals surface area contributed by atoms with E-state index in [4.69, 9.17) is 0 Å². The molecule has 1 saturated carbocycles. The van der Waals surface area contributed by atoms with E-state index in [-0.39, 0.29) is 5.91 Å². The molecule has 4 nitrogen and oxygen atoms in total. The van der Waals surface area contributed by atoms with Crippen molar-refractivity contribution in [1.82, 2.24) is 15.5 Å². The zero-order valence-corrected chi connectivity index (χ0v) is 13.4. The molecule has 0 spiro atoms. The number of likely N-dealkylation sites (N-methyl/N-ethyl adjacent to an activating group) is 1. The highest BCUT2D eigenvalue weighted by atomic mass is 16.1. The number of hydrogen-bond acceptors (Lipinski definition) is 3. The van der Waals surface area contributed by atoms with Crippen LogP contribution in [0, 0.1) is 5.92 Å². The molecule has 0 radical (unpaired) electrons. The second-order valence-electron chi connectivity index (χ2n) is 7.45. The smallest absolute Gasteiger partial charge is 0.220 e. The minimum absolute atomic E-state index is 0.265. The lowest BCUT2D eigenvalue weighted by atomic mass is 9.89. The third-order valence-electron chi connectivity index (χ3n) is 5.78. The van der Waals surface area contributed by atoms with E-state index in [1.165, 1.54) is 51.4 Å². The van der Waals surface area contributed by atoms with Crippen LogP contribution >= 0.6 is 0 Å². The van der Waals surface area contributed by atoms with Gasteiger partial charge < -0.3 is 15.5 Å². The Morgan fingerprint density at radius 3 is 2.48 bits per heavy atom. The van der Waals surface area contributed by atoms with Crippen LogP contribution in [-0.4, -0.2) is 49.1 Å². The molecule has 0 aromatic carbocycles. The topological polar surface area (TPSA) is 44.4 Å². The molecule has 120 valence electrons. The number of amides is 1. The maximum Gasteiger partial charge on any atom is 0.220 e. The summed E-state index contributed by atoms with van der Waals surface area (Å²) in [6, 6.07) is 2.13. The van der Waals surface area contributed by atoms with Crippen LogP contribution in [0.15, 0.2) is 0 Å². The Balaban J connectivity index is 1.31. The van der Waals surface area contributed by atoms with Gasteiger partial charge in [0.15, 0.2) is 0 Å². The molecule has 1 aliphatic carbocycles. The van der Waals surface area contributed by atoms with Crippen LogP contribution in [0.3, 0.4) is 0 Å². The molecule has 3 aliphatic rings. The third-order valence-corrected chi connectivity index (χ3v) is 5.78. The molecule has 2 heterocycles. The summed E-state index contributed by atoms with van der Waals surface area (Å²) < 4.78 is 0. The summed E-state index contributed by atoms with van der Waals surface area (Å²) in [7, 11) is 2.20. The number of piperidine rings is 1. The first-order valence-electron chi connectivity index (χ1n) is 8.93. The van der Waals surface area contributed by atoms with Crippen LogP contribution in [0.1, 0.15) is 57.8 Å². The quantitative estimate of drug-likeness (QED) is 0.786. The van der Waals surface area contributed by atoms with Gasteiger partial charge >= 0.3 is 0 Å². The average molecular weight is 293 g/mol. The Morgan fingerprint density at radius 1 is 1.14 bits per heavy atom. The first kappa shape index (κ1) is 15.3. The molecule has 2 unspecified atom stereocenters. The van der Waals surface area contributed by atoms with E-state index in [9.17, 15) is 4.79 Å². The molecule has 1 amide bonds. The molecular weight excluding hydrogens is 262 g/mol. The number of rotatable bonds is 6. The second-order valence-corrected chi connectivity index (χ2v) is 7.45. The van der Waals surface area contributed by atoms with Gasteiger partial charge in [-0.1, -0.05) is 12.8 Å². The third kappa shape index (κ3) is 4.19. The molecule has 0 aromatic heterocycles. The van der Waals surface area contributed by atoms with Gasteiger partial charge in [0.25, 0.3) is 0 Å². The van der Waals surface area contributed by atoms with E-state index in [0.717, 1.165) is 25.6 Å². The van der Waals surface area contributed by atoms with Crippen molar-refractivity contribution in [2.24, 2.45) is 5.92 Å². The number of nitrogens with zero attached hydrogens (tertiary/aromatic N) is 1. The fourth-order valence-electron chi connectivity index (χ4n) is 4.58. The second kappa shape index (κ2) is 7.10. The first-order valence-corrected chi connectivity index (χ1v) is 8.93. The number of carbonyl (C=O) groups is 1. The van der Waals surface area contributed by atoms with Crippen molar-refractivity contribution in [3.63, 3.8) is 0 Å². The van der Waals surface area contributed by atoms with Crippen LogP contribution in [0.4, 0.5) is 0 Å². The van der Waals surface area contributed by atoms with Crippen LogP contribution in [0.25, 0.3) is 0 Å². The number of hydrogen-bond donors (Lipinski definition) is 2. The van der Waals surface area contributed by atoms with Gasteiger partial charge in [0.2, 0.25) is 5.91 Å². The van der Waals surface area contributed by atoms with Gasteiger partial charge in [0.05, 0.1) is 0 Å². The minimum Gasteiger partial charge on any atom is -0.355 e. The largest absolute Gasteiger partial charge is 0.355 e. The fraction of sp³-hybridized carbons (Fsp3) is 0.941. The summed E-state index contributed by atoms with van der Waals surface area (Å²) in [4.78, 5) is 14.5. The Bertz CT molecular complexity index is 342. The van der Waals surface area contributed by atoms with Crippen molar-refractivity contribution >= 4 is 5.91 Å². The zero-order valence-electron chi connectivity index (χ0n) is 13.4. The van der Waals surface area contributed by atoms with Crippen molar-refractivity contribution in [2.45, 2.75) is 75.9 Å². The van der Waals surface area contributed by atoms with Crippen LogP contribution in [-0.2, 0) is 4.79 Å². The fourth-order valence-corrected chi connectivity index (χ4v) is 4.58. The van der Waals surface area contributed by atoms with Gasteiger partial charge in [-0.05, 0) is 51.5 Å². The van der Waals surface area contributed by atoms with Crippen molar-refractivity contribution in [3.05, 3.63) is 0 Å². The van der Waals surface area contributed by atoms with E-state index in [1.54, 1.807) is 0 Å². The molecule has 2 N–H and O–H groups in total. The minimum atomic E-state index is 0.265. The van der Waals surface area contributed by atoms with Crippen LogP contribution < -0.4 is 10.6 Å². The summed E-state index contributed by atoms with van der Waals surface area (Å²) in [6.07, 6.45) is 11.2. The number of fused-ring (bicyclic) bond motifs is 2. The number of carbonyl (C=O) groups excluding carboxylic acids is 1. The normalized spacial score (nSPS) is 32.8. The lowest BCUT2D eigenvalue weighted by Crippen LogP contribution is -2.41. The molecule has 3 fully saturated rings. The van der Waals surface area contributed by atoms with E-state index in [2.05, 4.69) is 22.6 Å². The highest BCUT2D eigenvalue weighted by Gasteiger charge is 2.34. The highest BCUT2D eigenvalue weighted by Crippen LogP contribution is 2.32. The molecule has 4 heteroatoms. The highest BCUT2D eigenvalue weighted by molar-refractivity contribution is 5.76. The van der Waals surface area contributed by atoms with Gasteiger partial charge in [0.1, 0.15) is 0 Å². The van der Waals surface area contributed by atoms with Gasteiger partial charge in [0, 0.05) is 37.6 Å². The van der Waals surface area contributed by atoms with E-state index in [0.29, 0.717) is 18.0 Å². The van der Waals surface area contributed by atoms with Crippen LogP contribution in [0.5, 0.6) is 0 Å². The predicted molar refractivity (Wildman–Crippen MR) is 85.2 cm³/mol. The van der Waals surface area contributed by atoms with Gasteiger partial charge in [-0.15, -0.1) is 0 Å². The SMILES string of the molecule is CN(CCNC(=O)CC1CC2CCC(C1)N2)C1CCCC1. The Morgan fingerprint density at radius 2 is 1.81 bits per heavy atom. The molecule has 2 saturated heterocycles. The molecular formula is C17H31N3O. The molecule has 0 aromatic rings. The zero-order chi connectivity index (χ0) is 14.7. The van der Waals surface area contributed by atoms with Crippen molar-refractivity contribution in [3.8, 4) is 0 Å². The molecule has 2 atom stereocenters. The van der Waals surface area contributed by atoms with E-state index < -0.39 is 0 Å². The van der Waals surface area contributed by atoms with E-state index in [1.807, 2.05) is 0 Å². The van der Waals surface area contributed by atoms with E-state index >= 15 is 0 Å². The Labute approximate surface area is 129 Å². The summed E-state index contributed by atoms with van der Waals surface area (Å²) >= 11 is 0. The van der Waals surface area contributed by atoms with Crippen molar-refractivity contribution in [2.75, 3.05) is 20.1 Å². The van der Waals surface area contributed by atoms with Crippen molar-refractivity contribution < 1.29 is 4.79 Å². The summed E-state index contributed by atoms with van der Waals surface area (Å²) in [5, 5.41) is 6.78. The summed E-state index contributed by atoms with van der Waals surface area (Å²) in [5.41, 5.74) is 0. The van der Waals surface area contributed by atoms with Crippen LogP contribution in [0.2, 0.25) is 0 Å². The summed E-state index contributed by atoms with van der Waals surface area (Å²) in [5.74, 6) is 0.873. The monoisotopic (exact) mass is 293 g/mol. The van der Waals surface area contributed by atoms with Gasteiger partial charge in [-0.3, -0.25) is 4.79 Å². The maximum absolute atomic E-state index is 12.1. The first-order chi connectivity index (χ1) is 10.2. The molecule has 2 aliphatic heterocycles. The van der Waals surface area contributed by atoms with Crippen molar-refractivity contribution in [1.29, 1.82) is 0 Å². The summed E-state index contributed by atoms with van der Waals surface area (Å²) in [6.45, 7) is 1.80. The molecule has 2 bridgehead atoms. The Hall–Kier alpha value is -0.610. The standard InChI is InChI=1S/C17H31N3O/c1-20(16-4-2-3-5-16)9-8-18-17(21)12-13-10-14-6-7-15(11-13)19-14/h13-16,19H,2-12H2,1H3,(H,18,21). The average Bonchev–Trinajstić information content (AvgIpc) is 3.09. The number of nitrogens with one attached hydrogen (secondary N) is 2. The van der Waals surface area contributed by atoms with Gasteiger partial charge in [-0.25, -0.2) is 0 Å². The maximum atomic E-state index is 12.1. The lowest BCUT2D eigenvalue weighted by Gasteiger charge is -2.29. The lowest BCUT2D eigenvalue weighted by molar-refractivity contribution is -0.122. The predicted octanol–water partition coefficient (Wildman–Crippen LogP) is 1.90. The Kier molecular flexibility index (Phi) is 5.17. The van der Waals surface area contributed by atoms with Gasteiger partial charge in [-0.2, -0.15) is 0 Å². The molecule has 21 heavy (non-hydrogen) atoms. The molecule has 3 rings (SSSR count).